The molecule has 29 heavy (non-hydrogen) atoms. The first-order valence-electron chi connectivity index (χ1n) is 10.9. The van der Waals surface area contributed by atoms with E-state index in [4.69, 9.17) is 4.74 Å². The summed E-state index contributed by atoms with van der Waals surface area (Å²) >= 11 is 0. The second-order valence-electron chi connectivity index (χ2n) is 8.43. The number of carbonyl (C=O) groups excluding carboxylic acids is 1. The van der Waals surface area contributed by atoms with E-state index in [1.165, 1.54) is 30.4 Å². The Bertz CT molecular complexity index is 790. The van der Waals surface area contributed by atoms with Crippen LogP contribution in [0, 0.1) is 5.92 Å². The number of benzene rings is 2. The van der Waals surface area contributed by atoms with E-state index in [0.717, 1.165) is 38.3 Å². The normalized spacial score (nSPS) is 22.2. The second kappa shape index (κ2) is 9.45. The molecule has 0 unspecified atom stereocenters. The van der Waals surface area contributed by atoms with E-state index < -0.39 is 0 Å². The number of nitrogens with zero attached hydrogens (tertiary/aromatic N) is 2. The van der Waals surface area contributed by atoms with Crippen LogP contribution in [-0.4, -0.2) is 48.5 Å². The van der Waals surface area contributed by atoms with E-state index in [9.17, 15) is 4.79 Å². The molecule has 0 spiro atoms. The summed E-state index contributed by atoms with van der Waals surface area (Å²) in [5.74, 6) is 1.82. The molecular weight excluding hydrogens is 360 g/mol. The zero-order valence-electron chi connectivity index (χ0n) is 17.4. The zero-order chi connectivity index (χ0) is 20.1. The van der Waals surface area contributed by atoms with Gasteiger partial charge in [-0.1, -0.05) is 48.9 Å². The van der Waals surface area contributed by atoms with Crippen LogP contribution >= 0.6 is 0 Å². The highest BCUT2D eigenvalue weighted by Gasteiger charge is 2.39. The molecule has 2 heterocycles. The minimum absolute atomic E-state index is 0.311. The molecule has 2 atom stereocenters. The Morgan fingerprint density at radius 2 is 1.79 bits per heavy atom. The van der Waals surface area contributed by atoms with E-state index in [-0.39, 0.29) is 0 Å². The van der Waals surface area contributed by atoms with Crippen LogP contribution in [0.3, 0.4) is 0 Å². The standard InChI is InChI=1S/C25H32N2O2/c1-29-23-13-10-21(11-14-23)17-26-16-6-5-9-22-18-27(19-24(22)26)25(28)15-12-20-7-3-2-4-8-20/h2-4,7-8,10-11,13-14,22,24H,5-6,9,12,15-19H2,1H3/t22-,24+/m0/s1. The lowest BCUT2D eigenvalue weighted by Gasteiger charge is -2.30. The average Bonchev–Trinajstić information content (AvgIpc) is 3.11. The highest BCUT2D eigenvalue weighted by molar-refractivity contribution is 5.76. The number of hydrogen-bond donors (Lipinski definition) is 0. The second-order valence-corrected chi connectivity index (χ2v) is 8.43. The molecule has 0 aliphatic carbocycles. The molecule has 4 nitrogen and oxygen atoms in total. The first kappa shape index (κ1) is 20.0. The first-order chi connectivity index (χ1) is 14.2. The lowest BCUT2D eigenvalue weighted by Crippen LogP contribution is -2.40. The van der Waals surface area contributed by atoms with E-state index in [1.807, 2.05) is 30.3 Å². The molecule has 2 saturated heterocycles. The Balaban J connectivity index is 1.37. The number of rotatable bonds is 6. The van der Waals surface area contributed by atoms with Crippen molar-refractivity contribution >= 4 is 5.91 Å². The largest absolute Gasteiger partial charge is 0.497 e. The summed E-state index contributed by atoms with van der Waals surface area (Å²) in [7, 11) is 1.70. The van der Waals surface area contributed by atoms with Crippen LogP contribution in [-0.2, 0) is 17.8 Å². The molecule has 0 radical (unpaired) electrons. The Hall–Kier alpha value is -2.33. The van der Waals surface area contributed by atoms with Gasteiger partial charge in [0.05, 0.1) is 7.11 Å². The Morgan fingerprint density at radius 1 is 1.00 bits per heavy atom. The monoisotopic (exact) mass is 392 g/mol. The maximum atomic E-state index is 12.9. The number of fused-ring (bicyclic) bond motifs is 1. The van der Waals surface area contributed by atoms with Crippen LogP contribution in [0.5, 0.6) is 5.75 Å². The van der Waals surface area contributed by atoms with Gasteiger partial charge in [0.25, 0.3) is 0 Å². The highest BCUT2D eigenvalue weighted by Crippen LogP contribution is 2.31. The number of hydrogen-bond acceptors (Lipinski definition) is 3. The van der Waals surface area contributed by atoms with Crippen molar-refractivity contribution in [3.8, 4) is 5.75 Å². The van der Waals surface area contributed by atoms with Crippen molar-refractivity contribution in [3.63, 3.8) is 0 Å². The van der Waals surface area contributed by atoms with E-state index in [2.05, 4.69) is 34.1 Å². The lowest BCUT2D eigenvalue weighted by molar-refractivity contribution is -0.130. The molecule has 0 N–H and O–H groups in total. The number of methoxy groups -OCH3 is 1. The third-order valence-electron chi connectivity index (χ3n) is 6.51. The molecule has 154 valence electrons. The molecule has 1 amide bonds. The fourth-order valence-corrected chi connectivity index (χ4v) is 4.86. The maximum Gasteiger partial charge on any atom is 0.222 e. The molecule has 2 aliphatic rings. The average molecular weight is 393 g/mol. The van der Waals surface area contributed by atoms with Gasteiger partial charge in [-0.15, -0.1) is 0 Å². The number of likely N-dealkylation sites (tertiary alicyclic amines) is 2. The van der Waals surface area contributed by atoms with Crippen molar-refractivity contribution < 1.29 is 9.53 Å². The van der Waals surface area contributed by atoms with Crippen molar-refractivity contribution in [1.82, 2.24) is 9.80 Å². The van der Waals surface area contributed by atoms with Gasteiger partial charge in [-0.2, -0.15) is 0 Å². The fourth-order valence-electron chi connectivity index (χ4n) is 4.86. The van der Waals surface area contributed by atoms with Crippen LogP contribution in [0.4, 0.5) is 0 Å². The minimum atomic E-state index is 0.311. The van der Waals surface area contributed by atoms with Crippen molar-refractivity contribution in [3.05, 3.63) is 65.7 Å². The fraction of sp³-hybridized carbons (Fsp3) is 0.480. The van der Waals surface area contributed by atoms with Gasteiger partial charge >= 0.3 is 0 Å². The number of aryl methyl sites for hydroxylation is 1. The topological polar surface area (TPSA) is 32.8 Å². The molecule has 2 aromatic rings. The van der Waals surface area contributed by atoms with Gasteiger partial charge in [-0.25, -0.2) is 0 Å². The Kier molecular flexibility index (Phi) is 6.50. The SMILES string of the molecule is COc1ccc(CN2CCCC[C@H]3CN(C(=O)CCc4ccccc4)C[C@H]32)cc1. The Morgan fingerprint density at radius 3 is 2.55 bits per heavy atom. The molecule has 0 aromatic heterocycles. The summed E-state index contributed by atoms with van der Waals surface area (Å²) in [5, 5.41) is 0. The molecular formula is C25H32N2O2. The van der Waals surface area contributed by atoms with Gasteiger partial charge in [0.1, 0.15) is 5.75 Å². The van der Waals surface area contributed by atoms with Crippen LogP contribution in [0.25, 0.3) is 0 Å². The third-order valence-corrected chi connectivity index (χ3v) is 6.51. The van der Waals surface area contributed by atoms with Crippen LogP contribution in [0.15, 0.2) is 54.6 Å². The van der Waals surface area contributed by atoms with Crippen molar-refractivity contribution in [2.24, 2.45) is 5.92 Å². The minimum Gasteiger partial charge on any atom is -0.497 e. The number of carbonyl (C=O) groups is 1. The predicted molar refractivity (Wildman–Crippen MR) is 116 cm³/mol. The number of ether oxygens (including phenoxy) is 1. The summed E-state index contributed by atoms with van der Waals surface area (Å²) in [4.78, 5) is 17.6. The summed E-state index contributed by atoms with van der Waals surface area (Å²) in [6, 6.07) is 19.2. The van der Waals surface area contributed by atoms with Crippen LogP contribution in [0.1, 0.15) is 36.8 Å². The Labute approximate surface area is 174 Å². The van der Waals surface area contributed by atoms with Crippen molar-refractivity contribution in [2.45, 2.75) is 44.7 Å². The third kappa shape index (κ3) is 4.99. The summed E-state index contributed by atoms with van der Waals surface area (Å²) in [5.41, 5.74) is 2.57. The molecule has 0 saturated carbocycles. The quantitative estimate of drug-likeness (QED) is 0.741. The lowest BCUT2D eigenvalue weighted by atomic mass is 9.98. The summed E-state index contributed by atoms with van der Waals surface area (Å²) in [6.45, 7) is 3.89. The molecule has 2 aliphatic heterocycles. The highest BCUT2D eigenvalue weighted by atomic mass is 16.5. The van der Waals surface area contributed by atoms with Gasteiger partial charge in [0.2, 0.25) is 5.91 Å². The number of amides is 1. The first-order valence-corrected chi connectivity index (χ1v) is 10.9. The van der Waals surface area contributed by atoms with Gasteiger partial charge in [0.15, 0.2) is 0 Å². The molecule has 4 heteroatoms. The smallest absolute Gasteiger partial charge is 0.222 e. The van der Waals surface area contributed by atoms with Gasteiger partial charge in [-0.05, 0) is 55.0 Å². The van der Waals surface area contributed by atoms with Crippen LogP contribution < -0.4 is 4.74 Å². The summed E-state index contributed by atoms with van der Waals surface area (Å²) in [6.07, 6.45) is 5.21. The van der Waals surface area contributed by atoms with E-state index in [0.29, 0.717) is 24.3 Å². The van der Waals surface area contributed by atoms with Gasteiger partial charge < -0.3 is 9.64 Å². The predicted octanol–water partition coefficient (Wildman–Crippen LogP) is 4.14. The van der Waals surface area contributed by atoms with Gasteiger partial charge in [-0.3, -0.25) is 9.69 Å². The molecule has 4 rings (SSSR count). The van der Waals surface area contributed by atoms with Crippen LogP contribution in [0.2, 0.25) is 0 Å². The molecule has 0 bridgehead atoms. The van der Waals surface area contributed by atoms with Crippen molar-refractivity contribution in [1.29, 1.82) is 0 Å². The maximum absolute atomic E-state index is 12.9. The van der Waals surface area contributed by atoms with Crippen molar-refractivity contribution in [2.75, 3.05) is 26.7 Å². The van der Waals surface area contributed by atoms with E-state index in [1.54, 1.807) is 7.11 Å². The molecule has 2 aromatic carbocycles. The zero-order valence-corrected chi connectivity index (χ0v) is 17.4. The van der Waals surface area contributed by atoms with Gasteiger partial charge in [0, 0.05) is 32.1 Å². The van der Waals surface area contributed by atoms with E-state index >= 15 is 0 Å². The summed E-state index contributed by atoms with van der Waals surface area (Å²) < 4.78 is 5.29. The molecule has 2 fully saturated rings.